The number of ether oxygens (including phenoxy) is 1. The highest BCUT2D eigenvalue weighted by atomic mass is 16.5. The minimum absolute atomic E-state index is 0.0421. The Labute approximate surface area is 195 Å². The third kappa shape index (κ3) is 4.43. The lowest BCUT2D eigenvalue weighted by molar-refractivity contribution is -0.116. The van der Waals surface area contributed by atoms with Gasteiger partial charge in [-0.1, -0.05) is 0 Å². The van der Waals surface area contributed by atoms with Crippen LogP contribution in [0.1, 0.15) is 35.3 Å². The third-order valence-corrected chi connectivity index (χ3v) is 5.97. The number of pyridine rings is 1. The number of nitrogens with one attached hydrogen (secondary N) is 1. The lowest BCUT2D eigenvalue weighted by Crippen LogP contribution is -2.43. The smallest absolute Gasteiger partial charge is 0.332 e. The Morgan fingerprint density at radius 2 is 1.76 bits per heavy atom. The summed E-state index contributed by atoms with van der Waals surface area (Å²) in [5.74, 6) is -0.181. The topological polar surface area (TPSA) is 116 Å². The molecule has 1 aromatic carbocycles. The third-order valence-electron chi connectivity index (χ3n) is 5.97. The number of carbonyl (C=O) groups excluding carboxylic acids is 2. The van der Waals surface area contributed by atoms with Gasteiger partial charge in [-0.05, 0) is 56.5 Å². The summed E-state index contributed by atoms with van der Waals surface area (Å²) in [5.41, 5.74) is -0.0452. The zero-order valence-corrected chi connectivity index (χ0v) is 19.5. The fourth-order valence-corrected chi connectivity index (χ4v) is 4.20. The van der Waals surface area contributed by atoms with Gasteiger partial charge in [0.1, 0.15) is 17.9 Å². The molecule has 3 aromatic rings. The molecular formula is C24H27N5O5. The van der Waals surface area contributed by atoms with Gasteiger partial charge in [-0.3, -0.25) is 23.5 Å². The molecule has 0 unspecified atom stereocenters. The van der Waals surface area contributed by atoms with Gasteiger partial charge in [-0.15, -0.1) is 0 Å². The first kappa shape index (κ1) is 23.2. The number of anilines is 1. The zero-order chi connectivity index (χ0) is 24.4. The summed E-state index contributed by atoms with van der Waals surface area (Å²) >= 11 is 0. The second-order valence-corrected chi connectivity index (χ2v) is 8.37. The van der Waals surface area contributed by atoms with Crippen LogP contribution in [0.25, 0.3) is 11.0 Å². The summed E-state index contributed by atoms with van der Waals surface area (Å²) in [6.45, 7) is 2.45. The van der Waals surface area contributed by atoms with Gasteiger partial charge in [-0.2, -0.15) is 0 Å². The predicted molar refractivity (Wildman–Crippen MR) is 127 cm³/mol. The number of hydrogen-bond donors (Lipinski definition) is 1. The fourth-order valence-electron chi connectivity index (χ4n) is 4.20. The van der Waals surface area contributed by atoms with Crippen molar-refractivity contribution in [3.63, 3.8) is 0 Å². The number of carbonyl (C=O) groups is 2. The number of rotatable bonds is 5. The van der Waals surface area contributed by atoms with E-state index in [4.69, 9.17) is 4.74 Å². The SMILES string of the molecule is COc1ccc(NC(=O)Cn2c(=O)c3c(C(=O)N4CCCCC4)cc(C)nc3n(C)c2=O)cc1. The largest absolute Gasteiger partial charge is 0.497 e. The molecule has 1 saturated heterocycles. The number of hydrogen-bond acceptors (Lipinski definition) is 6. The van der Waals surface area contributed by atoms with Gasteiger partial charge in [-0.25, -0.2) is 9.78 Å². The van der Waals surface area contributed by atoms with E-state index < -0.39 is 23.7 Å². The molecular weight excluding hydrogens is 438 g/mol. The quantitative estimate of drug-likeness (QED) is 0.613. The van der Waals surface area contributed by atoms with Crippen molar-refractivity contribution in [3.8, 4) is 5.75 Å². The van der Waals surface area contributed by atoms with Gasteiger partial charge < -0.3 is 15.0 Å². The van der Waals surface area contributed by atoms with Crippen LogP contribution in [-0.4, -0.2) is 51.0 Å². The van der Waals surface area contributed by atoms with Gasteiger partial charge in [0.05, 0.1) is 18.1 Å². The molecule has 1 aliphatic rings. The number of aromatic nitrogens is 3. The summed E-state index contributed by atoms with van der Waals surface area (Å²) in [7, 11) is 3.01. The van der Waals surface area contributed by atoms with Crippen LogP contribution in [0.3, 0.4) is 0 Å². The average Bonchev–Trinajstić information content (AvgIpc) is 2.85. The van der Waals surface area contributed by atoms with E-state index in [0.29, 0.717) is 30.2 Å². The molecule has 1 N–H and O–H groups in total. The molecule has 0 atom stereocenters. The molecule has 178 valence electrons. The van der Waals surface area contributed by atoms with Crippen molar-refractivity contribution < 1.29 is 14.3 Å². The van der Waals surface area contributed by atoms with Gasteiger partial charge in [0.2, 0.25) is 5.91 Å². The molecule has 0 radical (unpaired) electrons. The van der Waals surface area contributed by atoms with E-state index in [1.165, 1.54) is 18.7 Å². The Morgan fingerprint density at radius 3 is 2.41 bits per heavy atom. The summed E-state index contributed by atoms with van der Waals surface area (Å²) in [6, 6.07) is 8.25. The van der Waals surface area contributed by atoms with Crippen LogP contribution in [-0.2, 0) is 18.4 Å². The normalized spacial score (nSPS) is 13.7. The summed E-state index contributed by atoms with van der Waals surface area (Å²) in [5, 5.41) is 2.71. The summed E-state index contributed by atoms with van der Waals surface area (Å²) in [4.78, 5) is 58.5. The van der Waals surface area contributed by atoms with E-state index in [1.807, 2.05) is 0 Å². The molecule has 2 amide bonds. The number of fused-ring (bicyclic) bond motifs is 1. The lowest BCUT2D eigenvalue weighted by atomic mass is 10.1. The number of likely N-dealkylation sites (tertiary alicyclic amines) is 1. The molecule has 0 bridgehead atoms. The average molecular weight is 466 g/mol. The fraction of sp³-hybridized carbons (Fsp3) is 0.375. The number of aryl methyl sites for hydroxylation is 2. The number of amides is 2. The molecule has 0 saturated carbocycles. The Morgan fingerprint density at radius 1 is 1.09 bits per heavy atom. The second kappa shape index (κ2) is 9.50. The first-order valence-electron chi connectivity index (χ1n) is 11.1. The number of piperidine rings is 1. The second-order valence-electron chi connectivity index (χ2n) is 8.37. The van der Waals surface area contributed by atoms with Gasteiger partial charge >= 0.3 is 5.69 Å². The molecule has 10 heteroatoms. The van der Waals surface area contributed by atoms with Crippen LogP contribution in [0.5, 0.6) is 5.75 Å². The molecule has 0 aliphatic carbocycles. The summed E-state index contributed by atoms with van der Waals surface area (Å²) < 4.78 is 7.14. The van der Waals surface area contributed by atoms with Crippen molar-refractivity contribution in [2.75, 3.05) is 25.5 Å². The van der Waals surface area contributed by atoms with Gasteiger partial charge in [0.15, 0.2) is 0 Å². The highest BCUT2D eigenvalue weighted by Crippen LogP contribution is 2.19. The molecule has 1 fully saturated rings. The minimum atomic E-state index is -0.712. The maximum Gasteiger partial charge on any atom is 0.332 e. The molecule has 0 spiro atoms. The van der Waals surface area contributed by atoms with Crippen molar-refractivity contribution in [1.82, 2.24) is 19.0 Å². The first-order valence-corrected chi connectivity index (χ1v) is 11.1. The molecule has 34 heavy (non-hydrogen) atoms. The molecule has 2 aromatic heterocycles. The van der Waals surface area contributed by atoms with Crippen LogP contribution in [0.15, 0.2) is 39.9 Å². The molecule has 1 aliphatic heterocycles. The Kier molecular flexibility index (Phi) is 6.49. The monoisotopic (exact) mass is 465 g/mol. The highest BCUT2D eigenvalue weighted by molar-refractivity contribution is 6.05. The molecule has 4 rings (SSSR count). The van der Waals surface area contributed by atoms with Crippen molar-refractivity contribution in [3.05, 3.63) is 62.4 Å². The van der Waals surface area contributed by atoms with E-state index in [2.05, 4.69) is 10.3 Å². The van der Waals surface area contributed by atoms with Crippen LogP contribution in [0.4, 0.5) is 5.69 Å². The molecule has 3 heterocycles. The predicted octanol–water partition coefficient (Wildman–Crippen LogP) is 1.68. The van der Waals surface area contributed by atoms with Gasteiger partial charge in [0, 0.05) is 31.5 Å². The van der Waals surface area contributed by atoms with Crippen LogP contribution in [0.2, 0.25) is 0 Å². The van der Waals surface area contributed by atoms with E-state index in [9.17, 15) is 19.2 Å². The van der Waals surface area contributed by atoms with E-state index in [0.717, 1.165) is 23.8 Å². The maximum absolute atomic E-state index is 13.4. The van der Waals surface area contributed by atoms with E-state index in [-0.39, 0.29) is 22.5 Å². The molecule has 10 nitrogen and oxygen atoms in total. The highest BCUT2D eigenvalue weighted by Gasteiger charge is 2.25. The van der Waals surface area contributed by atoms with Crippen molar-refractivity contribution in [1.29, 1.82) is 0 Å². The number of benzene rings is 1. The Hall–Kier alpha value is -3.95. The van der Waals surface area contributed by atoms with Crippen molar-refractivity contribution >= 4 is 28.5 Å². The van der Waals surface area contributed by atoms with Crippen LogP contribution >= 0.6 is 0 Å². The number of methoxy groups -OCH3 is 1. The van der Waals surface area contributed by atoms with Crippen molar-refractivity contribution in [2.45, 2.75) is 32.7 Å². The van der Waals surface area contributed by atoms with E-state index in [1.54, 1.807) is 42.2 Å². The van der Waals surface area contributed by atoms with Crippen molar-refractivity contribution in [2.24, 2.45) is 7.05 Å². The standard InChI is InChI=1S/C24H27N5O5/c1-15-13-18(22(31)28-11-5-4-6-12-28)20-21(25-15)27(2)24(33)29(23(20)32)14-19(30)26-16-7-9-17(34-3)10-8-16/h7-10,13H,4-6,11-12,14H2,1-3H3,(H,26,30). The lowest BCUT2D eigenvalue weighted by Gasteiger charge is -2.27. The maximum atomic E-state index is 13.4. The summed E-state index contributed by atoms with van der Waals surface area (Å²) in [6.07, 6.45) is 2.87. The Bertz CT molecular complexity index is 1370. The van der Waals surface area contributed by atoms with E-state index >= 15 is 0 Å². The zero-order valence-electron chi connectivity index (χ0n) is 19.5. The number of nitrogens with zero attached hydrogens (tertiary/aromatic N) is 4. The van der Waals surface area contributed by atoms with Crippen LogP contribution < -0.4 is 21.3 Å². The Balaban J connectivity index is 1.74. The minimum Gasteiger partial charge on any atom is -0.497 e. The van der Waals surface area contributed by atoms with Crippen LogP contribution in [0, 0.1) is 6.92 Å². The first-order chi connectivity index (χ1) is 16.3. The van der Waals surface area contributed by atoms with Gasteiger partial charge in [0.25, 0.3) is 11.5 Å².